The topological polar surface area (TPSA) is 26.3 Å². The van der Waals surface area contributed by atoms with Crippen LogP contribution in [0.2, 0.25) is 0 Å². The van der Waals surface area contributed by atoms with Gasteiger partial charge in [0.1, 0.15) is 6.10 Å². The highest BCUT2D eigenvalue weighted by Gasteiger charge is 2.29. The summed E-state index contributed by atoms with van der Waals surface area (Å²) in [5.41, 5.74) is 1.22. The molecule has 3 atom stereocenters. The first-order valence-electron chi connectivity index (χ1n) is 5.33. The molecule has 0 spiro atoms. The maximum Gasteiger partial charge on any atom is 0.302 e. The molecule has 0 aromatic rings. The minimum atomic E-state index is -0.163. The lowest BCUT2D eigenvalue weighted by atomic mass is 9.78. The van der Waals surface area contributed by atoms with Gasteiger partial charge in [-0.2, -0.15) is 0 Å². The summed E-state index contributed by atoms with van der Waals surface area (Å²) in [4.78, 5) is 10.9. The van der Waals surface area contributed by atoms with Gasteiger partial charge in [0.05, 0.1) is 0 Å². The Morgan fingerprint density at radius 1 is 1.36 bits per heavy atom. The van der Waals surface area contributed by atoms with E-state index in [9.17, 15) is 4.79 Å². The van der Waals surface area contributed by atoms with Crippen molar-refractivity contribution in [3.63, 3.8) is 0 Å². The van der Waals surface area contributed by atoms with Crippen LogP contribution in [0.25, 0.3) is 0 Å². The zero-order valence-corrected chi connectivity index (χ0v) is 9.38. The molecule has 1 fully saturated rings. The Labute approximate surface area is 86.3 Å². The summed E-state index contributed by atoms with van der Waals surface area (Å²) in [6.45, 7) is 9.68. The predicted octanol–water partition coefficient (Wildman–Crippen LogP) is 2.93. The molecule has 0 unspecified atom stereocenters. The van der Waals surface area contributed by atoms with Crippen LogP contribution in [0.5, 0.6) is 0 Å². The summed E-state index contributed by atoms with van der Waals surface area (Å²) < 4.78 is 5.30. The van der Waals surface area contributed by atoms with E-state index >= 15 is 0 Å². The van der Waals surface area contributed by atoms with Crippen molar-refractivity contribution < 1.29 is 9.53 Å². The maximum atomic E-state index is 10.9. The molecular formula is C12H20O2. The van der Waals surface area contributed by atoms with Crippen LogP contribution in [-0.4, -0.2) is 12.1 Å². The van der Waals surface area contributed by atoms with Crippen molar-refractivity contribution in [2.24, 2.45) is 11.8 Å². The fourth-order valence-corrected chi connectivity index (χ4v) is 2.11. The van der Waals surface area contributed by atoms with Crippen molar-refractivity contribution in [2.45, 2.75) is 46.1 Å². The second kappa shape index (κ2) is 4.63. The summed E-state index contributed by atoms with van der Waals surface area (Å²) in [6.07, 6.45) is 3.38. The fraction of sp³-hybridized carbons (Fsp3) is 0.750. The molecule has 0 radical (unpaired) electrons. The Hall–Kier alpha value is -0.790. The number of ether oxygens (including phenoxy) is 1. The minimum absolute atomic E-state index is 0.1000. The highest BCUT2D eigenvalue weighted by Crippen LogP contribution is 2.34. The minimum Gasteiger partial charge on any atom is -0.462 e. The van der Waals surface area contributed by atoms with Gasteiger partial charge >= 0.3 is 5.97 Å². The normalized spacial score (nSPS) is 32.4. The van der Waals surface area contributed by atoms with Gasteiger partial charge in [-0.15, -0.1) is 0 Å². The molecule has 0 heterocycles. The van der Waals surface area contributed by atoms with E-state index in [2.05, 4.69) is 20.4 Å². The first-order chi connectivity index (χ1) is 6.50. The van der Waals surface area contributed by atoms with Crippen LogP contribution in [0.15, 0.2) is 12.2 Å². The van der Waals surface area contributed by atoms with Gasteiger partial charge in [-0.1, -0.05) is 19.1 Å². The number of carbonyl (C=O) groups excluding carboxylic acids is 1. The van der Waals surface area contributed by atoms with Gasteiger partial charge in [0.2, 0.25) is 0 Å². The Balaban J connectivity index is 2.55. The van der Waals surface area contributed by atoms with E-state index in [0.717, 1.165) is 12.8 Å². The molecule has 2 nitrogen and oxygen atoms in total. The number of rotatable bonds is 2. The molecule has 0 bridgehead atoms. The number of hydrogen-bond acceptors (Lipinski definition) is 2. The first-order valence-corrected chi connectivity index (χ1v) is 5.33. The van der Waals surface area contributed by atoms with Crippen molar-refractivity contribution in [2.75, 3.05) is 0 Å². The second-order valence-electron chi connectivity index (χ2n) is 4.48. The number of carbonyl (C=O) groups is 1. The van der Waals surface area contributed by atoms with Crippen molar-refractivity contribution in [1.29, 1.82) is 0 Å². The largest absolute Gasteiger partial charge is 0.462 e. The van der Waals surface area contributed by atoms with Gasteiger partial charge in [-0.3, -0.25) is 4.79 Å². The SMILES string of the molecule is C=C(C)[C@@H]1CC[C@H](C)[C@H](OC(C)=O)C1. The van der Waals surface area contributed by atoms with Gasteiger partial charge < -0.3 is 4.74 Å². The predicted molar refractivity (Wildman–Crippen MR) is 56.9 cm³/mol. The van der Waals surface area contributed by atoms with Crippen LogP contribution in [0.1, 0.15) is 40.0 Å². The molecule has 14 heavy (non-hydrogen) atoms. The molecule has 0 N–H and O–H groups in total. The fourth-order valence-electron chi connectivity index (χ4n) is 2.11. The van der Waals surface area contributed by atoms with E-state index in [4.69, 9.17) is 4.74 Å². The van der Waals surface area contributed by atoms with Crippen LogP contribution in [0.3, 0.4) is 0 Å². The summed E-state index contributed by atoms with van der Waals surface area (Å²) >= 11 is 0. The second-order valence-corrected chi connectivity index (χ2v) is 4.48. The van der Waals surface area contributed by atoms with Crippen LogP contribution >= 0.6 is 0 Å². The van der Waals surface area contributed by atoms with Gasteiger partial charge in [0, 0.05) is 6.92 Å². The van der Waals surface area contributed by atoms with Crippen molar-refractivity contribution in [1.82, 2.24) is 0 Å². The molecule has 1 saturated carbocycles. The number of allylic oxidation sites excluding steroid dienone is 1. The molecular weight excluding hydrogens is 176 g/mol. The van der Waals surface area contributed by atoms with Crippen LogP contribution < -0.4 is 0 Å². The van der Waals surface area contributed by atoms with Gasteiger partial charge in [-0.05, 0) is 38.0 Å². The molecule has 0 aliphatic heterocycles. The van der Waals surface area contributed by atoms with Crippen LogP contribution in [0.4, 0.5) is 0 Å². The average Bonchev–Trinajstić information content (AvgIpc) is 2.07. The van der Waals surface area contributed by atoms with E-state index in [-0.39, 0.29) is 12.1 Å². The van der Waals surface area contributed by atoms with Crippen molar-refractivity contribution >= 4 is 5.97 Å². The number of hydrogen-bond donors (Lipinski definition) is 0. The van der Waals surface area contributed by atoms with Gasteiger partial charge in [0.25, 0.3) is 0 Å². The molecule has 0 saturated heterocycles. The van der Waals surface area contributed by atoms with E-state index in [0.29, 0.717) is 11.8 Å². The molecule has 0 aromatic heterocycles. The van der Waals surface area contributed by atoms with E-state index in [1.54, 1.807) is 0 Å². The Kier molecular flexibility index (Phi) is 3.73. The summed E-state index contributed by atoms with van der Waals surface area (Å²) in [6, 6.07) is 0. The zero-order valence-electron chi connectivity index (χ0n) is 9.38. The molecule has 0 amide bonds. The van der Waals surface area contributed by atoms with E-state index < -0.39 is 0 Å². The maximum absolute atomic E-state index is 10.9. The highest BCUT2D eigenvalue weighted by atomic mass is 16.5. The Morgan fingerprint density at radius 2 is 2.00 bits per heavy atom. The van der Waals surface area contributed by atoms with Crippen LogP contribution in [0, 0.1) is 11.8 Å². The smallest absolute Gasteiger partial charge is 0.302 e. The van der Waals surface area contributed by atoms with Crippen molar-refractivity contribution in [3.8, 4) is 0 Å². The van der Waals surface area contributed by atoms with E-state index in [1.165, 1.54) is 18.9 Å². The summed E-state index contributed by atoms with van der Waals surface area (Å²) in [5, 5.41) is 0. The monoisotopic (exact) mass is 196 g/mol. The molecule has 1 aliphatic rings. The molecule has 1 aliphatic carbocycles. The summed E-state index contributed by atoms with van der Waals surface area (Å²) in [5.74, 6) is 0.870. The van der Waals surface area contributed by atoms with E-state index in [1.807, 2.05) is 0 Å². The third kappa shape index (κ3) is 2.86. The van der Waals surface area contributed by atoms with Gasteiger partial charge in [-0.25, -0.2) is 0 Å². The highest BCUT2D eigenvalue weighted by molar-refractivity contribution is 5.66. The van der Waals surface area contributed by atoms with Crippen molar-refractivity contribution in [3.05, 3.63) is 12.2 Å². The first kappa shape index (κ1) is 11.3. The van der Waals surface area contributed by atoms with Crippen LogP contribution in [-0.2, 0) is 9.53 Å². The third-order valence-electron chi connectivity index (χ3n) is 3.14. The lowest BCUT2D eigenvalue weighted by molar-refractivity contribution is -0.151. The summed E-state index contributed by atoms with van der Waals surface area (Å²) in [7, 11) is 0. The lowest BCUT2D eigenvalue weighted by Gasteiger charge is -2.33. The standard InChI is InChI=1S/C12H20O2/c1-8(2)11-6-5-9(3)12(7-11)14-10(4)13/h9,11-12H,1,5-7H2,2-4H3/t9-,11+,12+/m0/s1. The third-order valence-corrected chi connectivity index (χ3v) is 3.14. The molecule has 1 rings (SSSR count). The molecule has 80 valence electrons. The Morgan fingerprint density at radius 3 is 2.50 bits per heavy atom. The zero-order chi connectivity index (χ0) is 10.7. The number of esters is 1. The lowest BCUT2D eigenvalue weighted by Crippen LogP contribution is -2.31. The Bertz CT molecular complexity index is 232. The van der Waals surface area contributed by atoms with Gasteiger partial charge in [0.15, 0.2) is 0 Å². The molecule has 0 aromatic carbocycles. The molecule has 2 heteroatoms. The quantitative estimate of drug-likeness (QED) is 0.501. The average molecular weight is 196 g/mol.